The first-order valence-corrected chi connectivity index (χ1v) is 8.07. The third-order valence-electron chi connectivity index (χ3n) is 3.64. The molecular formula is C20H22O6. The van der Waals surface area contributed by atoms with Gasteiger partial charge in [0, 0.05) is 18.2 Å². The van der Waals surface area contributed by atoms with Crippen molar-refractivity contribution in [3.63, 3.8) is 0 Å². The number of benzene rings is 2. The molecule has 0 saturated carbocycles. The topological polar surface area (TPSA) is 88.4 Å². The Morgan fingerprint density at radius 3 is 2.08 bits per heavy atom. The summed E-state index contributed by atoms with van der Waals surface area (Å²) in [5, 5.41) is 28.1. The Bertz CT molecular complexity index is 758. The zero-order chi connectivity index (χ0) is 18.9. The molecule has 2 aromatic carbocycles. The Morgan fingerprint density at radius 1 is 0.885 bits per heavy atom. The molecule has 0 fully saturated rings. The zero-order valence-electron chi connectivity index (χ0n) is 14.8. The molecule has 0 aliphatic rings. The number of aromatic hydroxyl groups is 3. The van der Waals surface area contributed by atoms with Gasteiger partial charge in [0.2, 0.25) is 0 Å². The SMILES string of the molecule is COc1cc(CCCOCC#Cc2cc(O)c(O)c(O)c2)cc(OC)c1. The van der Waals surface area contributed by atoms with Gasteiger partial charge in [-0.25, -0.2) is 0 Å². The number of rotatable bonds is 7. The van der Waals surface area contributed by atoms with Crippen LogP contribution in [0, 0.1) is 11.8 Å². The van der Waals surface area contributed by atoms with Crippen molar-refractivity contribution >= 4 is 0 Å². The van der Waals surface area contributed by atoms with Gasteiger partial charge in [-0.1, -0.05) is 11.8 Å². The normalized spacial score (nSPS) is 10.1. The first kappa shape index (κ1) is 19.3. The fourth-order valence-electron chi connectivity index (χ4n) is 2.33. The van der Waals surface area contributed by atoms with Crippen molar-refractivity contribution in [3.8, 4) is 40.6 Å². The highest BCUT2D eigenvalue weighted by Gasteiger charge is 2.06. The van der Waals surface area contributed by atoms with Gasteiger partial charge in [0.15, 0.2) is 17.2 Å². The van der Waals surface area contributed by atoms with Crippen LogP contribution in [0.2, 0.25) is 0 Å². The molecule has 26 heavy (non-hydrogen) atoms. The molecule has 0 heterocycles. The predicted octanol–water partition coefficient (Wildman–Crippen LogP) is 2.82. The molecule has 3 N–H and O–H groups in total. The van der Waals surface area contributed by atoms with E-state index in [2.05, 4.69) is 11.8 Å². The van der Waals surface area contributed by atoms with Crippen LogP contribution in [0.25, 0.3) is 0 Å². The number of methoxy groups -OCH3 is 2. The number of aryl methyl sites for hydroxylation is 1. The summed E-state index contributed by atoms with van der Waals surface area (Å²) in [6.07, 6.45) is 1.64. The molecule has 0 aliphatic carbocycles. The second kappa shape index (κ2) is 9.44. The molecule has 0 atom stereocenters. The van der Waals surface area contributed by atoms with E-state index in [0.29, 0.717) is 12.2 Å². The van der Waals surface area contributed by atoms with Gasteiger partial charge >= 0.3 is 0 Å². The molecule has 2 aromatic rings. The maximum absolute atomic E-state index is 9.41. The van der Waals surface area contributed by atoms with Crippen LogP contribution in [0.15, 0.2) is 30.3 Å². The molecule has 0 aliphatic heterocycles. The van der Waals surface area contributed by atoms with E-state index in [0.717, 1.165) is 29.9 Å². The fraction of sp³-hybridized carbons (Fsp3) is 0.300. The van der Waals surface area contributed by atoms with E-state index in [4.69, 9.17) is 14.2 Å². The highest BCUT2D eigenvalue weighted by molar-refractivity contribution is 5.55. The summed E-state index contributed by atoms with van der Waals surface area (Å²) in [7, 11) is 3.24. The fourth-order valence-corrected chi connectivity index (χ4v) is 2.33. The highest BCUT2D eigenvalue weighted by Crippen LogP contribution is 2.34. The van der Waals surface area contributed by atoms with E-state index in [-0.39, 0.29) is 6.61 Å². The lowest BCUT2D eigenvalue weighted by molar-refractivity contribution is 0.164. The molecule has 6 nitrogen and oxygen atoms in total. The summed E-state index contributed by atoms with van der Waals surface area (Å²) in [6.45, 7) is 0.768. The minimum absolute atomic E-state index is 0.226. The summed E-state index contributed by atoms with van der Waals surface area (Å²) in [5.74, 6) is 5.68. The molecule has 0 unspecified atom stereocenters. The molecule has 0 saturated heterocycles. The van der Waals surface area contributed by atoms with Crippen LogP contribution in [0.5, 0.6) is 28.7 Å². The van der Waals surface area contributed by atoms with E-state index in [1.807, 2.05) is 18.2 Å². The van der Waals surface area contributed by atoms with Gasteiger partial charge in [-0.05, 0) is 42.7 Å². The Kier molecular flexibility index (Phi) is 7.01. The Hall–Kier alpha value is -3.04. The molecular weight excluding hydrogens is 336 g/mol. The monoisotopic (exact) mass is 358 g/mol. The van der Waals surface area contributed by atoms with Crippen molar-refractivity contribution in [3.05, 3.63) is 41.5 Å². The van der Waals surface area contributed by atoms with Gasteiger partial charge in [0.05, 0.1) is 14.2 Å². The molecule has 0 spiro atoms. The molecule has 0 radical (unpaired) electrons. The molecule has 6 heteroatoms. The lowest BCUT2D eigenvalue weighted by Crippen LogP contribution is -1.98. The molecule has 0 amide bonds. The first-order valence-electron chi connectivity index (χ1n) is 8.07. The van der Waals surface area contributed by atoms with Crippen molar-refractivity contribution in [2.24, 2.45) is 0 Å². The summed E-state index contributed by atoms with van der Waals surface area (Å²) < 4.78 is 15.9. The maximum atomic E-state index is 9.41. The minimum atomic E-state index is -0.555. The summed E-state index contributed by atoms with van der Waals surface area (Å²) in [5.41, 5.74) is 1.50. The van der Waals surface area contributed by atoms with E-state index in [1.165, 1.54) is 12.1 Å². The number of ether oxygens (including phenoxy) is 3. The van der Waals surface area contributed by atoms with Crippen LogP contribution in [0.1, 0.15) is 17.5 Å². The van der Waals surface area contributed by atoms with Crippen molar-refractivity contribution in [2.75, 3.05) is 27.4 Å². The Labute approximate surface area is 152 Å². The van der Waals surface area contributed by atoms with Gasteiger partial charge in [-0.2, -0.15) is 0 Å². The van der Waals surface area contributed by atoms with E-state index in [9.17, 15) is 15.3 Å². The van der Waals surface area contributed by atoms with Crippen LogP contribution in [-0.4, -0.2) is 42.8 Å². The molecule has 2 rings (SSSR count). The lowest BCUT2D eigenvalue weighted by atomic mass is 10.1. The second-order valence-corrected chi connectivity index (χ2v) is 5.54. The van der Waals surface area contributed by atoms with Crippen LogP contribution >= 0.6 is 0 Å². The van der Waals surface area contributed by atoms with Crippen molar-refractivity contribution in [1.82, 2.24) is 0 Å². The van der Waals surface area contributed by atoms with Gasteiger partial charge in [0.25, 0.3) is 0 Å². The Balaban J connectivity index is 1.77. The predicted molar refractivity (Wildman–Crippen MR) is 97.0 cm³/mol. The molecule has 0 bridgehead atoms. The van der Waals surface area contributed by atoms with Crippen LogP contribution in [0.4, 0.5) is 0 Å². The maximum Gasteiger partial charge on any atom is 0.200 e. The lowest BCUT2D eigenvalue weighted by Gasteiger charge is -2.08. The van der Waals surface area contributed by atoms with Crippen LogP contribution in [0.3, 0.4) is 0 Å². The van der Waals surface area contributed by atoms with Gasteiger partial charge in [0.1, 0.15) is 18.1 Å². The van der Waals surface area contributed by atoms with E-state index in [1.54, 1.807) is 14.2 Å². The number of phenols is 3. The summed E-state index contributed by atoms with van der Waals surface area (Å²) in [4.78, 5) is 0. The molecule has 138 valence electrons. The Morgan fingerprint density at radius 2 is 1.50 bits per heavy atom. The standard InChI is InChI=1S/C20H22O6/c1-24-16-9-14(10-17(13-16)25-2)5-3-7-26-8-4-6-15-11-18(21)20(23)19(22)12-15/h9-13,21-23H,3,5,7-8H2,1-2H3. The van der Waals surface area contributed by atoms with Crippen LogP contribution in [-0.2, 0) is 11.2 Å². The van der Waals surface area contributed by atoms with E-state index < -0.39 is 17.2 Å². The highest BCUT2D eigenvalue weighted by atomic mass is 16.5. The average molecular weight is 358 g/mol. The third-order valence-corrected chi connectivity index (χ3v) is 3.64. The van der Waals surface area contributed by atoms with Gasteiger partial charge in [-0.3, -0.25) is 0 Å². The number of hydrogen-bond donors (Lipinski definition) is 3. The minimum Gasteiger partial charge on any atom is -0.504 e. The third kappa shape index (κ3) is 5.50. The zero-order valence-corrected chi connectivity index (χ0v) is 14.8. The largest absolute Gasteiger partial charge is 0.504 e. The average Bonchev–Trinajstić information content (AvgIpc) is 2.64. The second-order valence-electron chi connectivity index (χ2n) is 5.54. The van der Waals surface area contributed by atoms with Crippen molar-refractivity contribution in [2.45, 2.75) is 12.8 Å². The van der Waals surface area contributed by atoms with Gasteiger partial charge in [-0.15, -0.1) is 0 Å². The van der Waals surface area contributed by atoms with Crippen molar-refractivity contribution < 1.29 is 29.5 Å². The first-order chi connectivity index (χ1) is 12.5. The number of phenolic OH excluding ortho intramolecular Hbond substituents is 3. The van der Waals surface area contributed by atoms with Crippen LogP contribution < -0.4 is 9.47 Å². The summed E-state index contributed by atoms with van der Waals surface area (Å²) >= 11 is 0. The van der Waals surface area contributed by atoms with Crippen molar-refractivity contribution in [1.29, 1.82) is 0 Å². The summed E-state index contributed by atoms with van der Waals surface area (Å²) in [6, 6.07) is 8.31. The number of hydrogen-bond acceptors (Lipinski definition) is 6. The van der Waals surface area contributed by atoms with E-state index >= 15 is 0 Å². The molecule has 0 aromatic heterocycles. The quantitative estimate of drug-likeness (QED) is 0.401. The smallest absolute Gasteiger partial charge is 0.200 e. The van der Waals surface area contributed by atoms with Gasteiger partial charge < -0.3 is 29.5 Å².